The lowest BCUT2D eigenvalue weighted by atomic mass is 10.0. The molecule has 1 aliphatic rings. The van der Waals surface area contributed by atoms with Crippen LogP contribution >= 0.6 is 0 Å². The van der Waals surface area contributed by atoms with Crippen LogP contribution in [0.5, 0.6) is 0 Å². The third-order valence-electron chi connectivity index (χ3n) is 5.26. The Balaban J connectivity index is 1.51. The summed E-state index contributed by atoms with van der Waals surface area (Å²) >= 11 is 0. The Kier molecular flexibility index (Phi) is 6.01. The van der Waals surface area contributed by atoms with E-state index in [0.717, 1.165) is 35.5 Å². The van der Waals surface area contributed by atoms with Crippen LogP contribution in [0.25, 0.3) is 10.9 Å². The van der Waals surface area contributed by atoms with E-state index >= 15 is 0 Å². The van der Waals surface area contributed by atoms with Crippen molar-refractivity contribution in [3.05, 3.63) is 47.4 Å². The van der Waals surface area contributed by atoms with Gasteiger partial charge in [0.1, 0.15) is 11.6 Å². The number of pyridine rings is 1. The molecule has 2 aromatic heterocycles. The average Bonchev–Trinajstić information content (AvgIpc) is 3.18. The van der Waals surface area contributed by atoms with E-state index in [0.29, 0.717) is 24.6 Å². The number of nitrogens with zero attached hydrogens (tertiary/aromatic N) is 3. The number of rotatable bonds is 5. The van der Waals surface area contributed by atoms with E-state index < -0.39 is 18.2 Å². The predicted octanol–water partition coefficient (Wildman–Crippen LogP) is 2.49. The number of anilines is 2. The van der Waals surface area contributed by atoms with Crippen molar-refractivity contribution in [1.29, 1.82) is 0 Å². The number of aromatic amines is 1. The van der Waals surface area contributed by atoms with Gasteiger partial charge in [0.05, 0.1) is 42.0 Å². The monoisotopic (exact) mass is 428 g/mol. The van der Waals surface area contributed by atoms with Crippen LogP contribution in [0.4, 0.5) is 20.8 Å². The van der Waals surface area contributed by atoms with Crippen molar-refractivity contribution in [2.24, 2.45) is 0 Å². The number of carbonyl (C=O) groups excluding carboxylic acids is 1. The summed E-state index contributed by atoms with van der Waals surface area (Å²) in [5.74, 6) is 0.787. The van der Waals surface area contributed by atoms with Crippen LogP contribution in [0.15, 0.2) is 30.3 Å². The Morgan fingerprint density at radius 3 is 2.68 bits per heavy atom. The molecular weight excluding hydrogens is 403 g/mol. The van der Waals surface area contributed by atoms with Crippen LogP contribution in [0.1, 0.15) is 24.2 Å². The Morgan fingerprint density at radius 2 is 2.00 bits per heavy atom. The van der Waals surface area contributed by atoms with Gasteiger partial charge in [0, 0.05) is 19.2 Å². The van der Waals surface area contributed by atoms with E-state index in [-0.39, 0.29) is 5.82 Å². The number of halogens is 1. The van der Waals surface area contributed by atoms with Crippen LogP contribution < -0.4 is 15.5 Å². The Bertz CT molecular complexity index is 1060. The standard InChI is InChI=1S/C21H25FN6O3/c1-12-18-16(26-27-20(18)28-7-9-31-10-8-28)11-17(23-12)24-21(30)25-19(13(2)29)14-3-5-15(22)6-4-14/h3-6,11,13,19,29H,7-10H2,1-2H3,(H,26,27)(H2,23,24,25,30). The first-order valence-electron chi connectivity index (χ1n) is 10.1. The number of H-pyrrole nitrogens is 1. The summed E-state index contributed by atoms with van der Waals surface area (Å²) in [5.41, 5.74) is 2.08. The van der Waals surface area contributed by atoms with Gasteiger partial charge in [0.15, 0.2) is 5.82 Å². The number of hydrogen-bond donors (Lipinski definition) is 4. The number of carbonyl (C=O) groups is 1. The largest absolute Gasteiger partial charge is 0.391 e. The van der Waals surface area contributed by atoms with Crippen LogP contribution in [-0.4, -0.2) is 58.7 Å². The van der Waals surface area contributed by atoms with Gasteiger partial charge in [-0.3, -0.25) is 10.4 Å². The van der Waals surface area contributed by atoms with Crippen LogP contribution in [0, 0.1) is 12.7 Å². The average molecular weight is 428 g/mol. The van der Waals surface area contributed by atoms with Crippen molar-refractivity contribution in [2.75, 3.05) is 36.5 Å². The first kappa shape index (κ1) is 21.0. The van der Waals surface area contributed by atoms with Crippen molar-refractivity contribution in [2.45, 2.75) is 26.0 Å². The normalized spacial score (nSPS) is 16.2. The van der Waals surface area contributed by atoms with E-state index in [1.807, 2.05) is 6.92 Å². The number of fused-ring (bicyclic) bond motifs is 1. The van der Waals surface area contributed by atoms with Crippen LogP contribution in [0.2, 0.25) is 0 Å². The van der Waals surface area contributed by atoms with Crippen molar-refractivity contribution >= 4 is 28.6 Å². The minimum absolute atomic E-state index is 0.350. The van der Waals surface area contributed by atoms with Gasteiger partial charge >= 0.3 is 6.03 Å². The second-order valence-electron chi connectivity index (χ2n) is 7.53. The lowest BCUT2D eigenvalue weighted by molar-refractivity contribution is 0.122. The minimum Gasteiger partial charge on any atom is -0.391 e. The third kappa shape index (κ3) is 4.59. The number of urea groups is 1. The fraction of sp³-hybridized carbons (Fsp3) is 0.381. The summed E-state index contributed by atoms with van der Waals surface area (Å²) in [6.07, 6.45) is -0.878. The van der Waals surface area contributed by atoms with Gasteiger partial charge in [0.25, 0.3) is 0 Å². The van der Waals surface area contributed by atoms with Gasteiger partial charge in [0.2, 0.25) is 0 Å². The molecule has 1 aromatic carbocycles. The van der Waals surface area contributed by atoms with Gasteiger partial charge in [-0.15, -0.1) is 0 Å². The molecule has 0 bridgehead atoms. The van der Waals surface area contributed by atoms with E-state index in [9.17, 15) is 14.3 Å². The lowest BCUT2D eigenvalue weighted by Gasteiger charge is -2.27. The molecule has 3 aromatic rings. The fourth-order valence-electron chi connectivity index (χ4n) is 3.73. The molecule has 0 spiro atoms. The second-order valence-corrected chi connectivity index (χ2v) is 7.53. The van der Waals surface area contributed by atoms with Gasteiger partial charge in [-0.1, -0.05) is 12.1 Å². The molecule has 2 atom stereocenters. The summed E-state index contributed by atoms with van der Waals surface area (Å²) in [6.45, 7) is 6.23. The van der Waals surface area contributed by atoms with Crippen LogP contribution in [-0.2, 0) is 4.74 Å². The molecule has 2 unspecified atom stereocenters. The second kappa shape index (κ2) is 8.86. The van der Waals surface area contributed by atoms with E-state index in [2.05, 4.69) is 30.7 Å². The number of aromatic nitrogens is 3. The molecule has 4 N–H and O–H groups in total. The Morgan fingerprint density at radius 1 is 1.29 bits per heavy atom. The Hall–Kier alpha value is -3.24. The number of hydrogen-bond acceptors (Lipinski definition) is 6. The molecule has 0 radical (unpaired) electrons. The number of aliphatic hydroxyl groups is 1. The zero-order chi connectivity index (χ0) is 22.0. The topological polar surface area (TPSA) is 115 Å². The highest BCUT2D eigenvalue weighted by molar-refractivity contribution is 5.96. The van der Waals surface area contributed by atoms with Crippen molar-refractivity contribution in [3.8, 4) is 0 Å². The molecule has 1 saturated heterocycles. The molecule has 9 nitrogen and oxygen atoms in total. The summed E-state index contributed by atoms with van der Waals surface area (Å²) in [6, 6.07) is 6.10. The molecule has 31 heavy (non-hydrogen) atoms. The third-order valence-corrected chi connectivity index (χ3v) is 5.26. The summed E-state index contributed by atoms with van der Waals surface area (Å²) in [7, 11) is 0. The fourth-order valence-corrected chi connectivity index (χ4v) is 3.73. The minimum atomic E-state index is -0.878. The number of aliphatic hydroxyl groups excluding tert-OH is 1. The van der Waals surface area contributed by atoms with Crippen molar-refractivity contribution in [1.82, 2.24) is 20.5 Å². The smallest absolute Gasteiger partial charge is 0.320 e. The summed E-state index contributed by atoms with van der Waals surface area (Å²) < 4.78 is 18.6. The van der Waals surface area contributed by atoms with Gasteiger partial charge in [-0.05, 0) is 31.5 Å². The molecule has 164 valence electrons. The highest BCUT2D eigenvalue weighted by Crippen LogP contribution is 2.29. The highest BCUT2D eigenvalue weighted by atomic mass is 19.1. The molecule has 0 saturated carbocycles. The Labute approximate surface area is 178 Å². The number of amides is 2. The molecule has 1 aliphatic heterocycles. The number of aryl methyl sites for hydroxylation is 1. The van der Waals surface area contributed by atoms with Crippen molar-refractivity contribution in [3.63, 3.8) is 0 Å². The number of nitrogens with one attached hydrogen (secondary N) is 3. The SMILES string of the molecule is Cc1nc(NC(=O)NC(c2ccc(F)cc2)C(C)O)cc2[nH]nc(N3CCOCC3)c12. The highest BCUT2D eigenvalue weighted by Gasteiger charge is 2.22. The quantitative estimate of drug-likeness (QED) is 0.496. The number of morpholine rings is 1. The molecule has 3 heterocycles. The maximum Gasteiger partial charge on any atom is 0.320 e. The lowest BCUT2D eigenvalue weighted by Crippen LogP contribution is -2.38. The molecule has 1 fully saturated rings. The maximum atomic E-state index is 13.2. The zero-order valence-corrected chi connectivity index (χ0v) is 17.4. The molecule has 2 amide bonds. The maximum absolute atomic E-state index is 13.2. The molecule has 0 aliphatic carbocycles. The van der Waals surface area contributed by atoms with E-state index in [1.54, 1.807) is 13.0 Å². The van der Waals surface area contributed by atoms with E-state index in [4.69, 9.17) is 4.74 Å². The van der Waals surface area contributed by atoms with E-state index in [1.165, 1.54) is 24.3 Å². The number of ether oxygens (including phenoxy) is 1. The van der Waals surface area contributed by atoms with Crippen molar-refractivity contribution < 1.29 is 19.0 Å². The van der Waals surface area contributed by atoms with Gasteiger partial charge in [-0.2, -0.15) is 5.10 Å². The summed E-state index contributed by atoms with van der Waals surface area (Å²) in [4.78, 5) is 19.2. The molecular formula is C21H25FN6O3. The number of benzene rings is 1. The first-order valence-corrected chi connectivity index (χ1v) is 10.1. The predicted molar refractivity (Wildman–Crippen MR) is 115 cm³/mol. The first-order chi connectivity index (χ1) is 14.9. The molecule has 10 heteroatoms. The summed E-state index contributed by atoms with van der Waals surface area (Å²) in [5, 5.41) is 23.8. The van der Waals surface area contributed by atoms with Gasteiger partial charge < -0.3 is 20.1 Å². The van der Waals surface area contributed by atoms with Crippen LogP contribution in [0.3, 0.4) is 0 Å². The zero-order valence-electron chi connectivity index (χ0n) is 17.4. The van der Waals surface area contributed by atoms with Gasteiger partial charge in [-0.25, -0.2) is 14.2 Å². The molecule has 4 rings (SSSR count).